The van der Waals surface area contributed by atoms with Crippen LogP contribution < -0.4 is 5.73 Å². The lowest BCUT2D eigenvalue weighted by Crippen LogP contribution is -2.12. The van der Waals surface area contributed by atoms with Gasteiger partial charge >= 0.3 is 0 Å². The van der Waals surface area contributed by atoms with E-state index >= 15 is 0 Å². The van der Waals surface area contributed by atoms with E-state index in [0.29, 0.717) is 6.42 Å². The maximum absolute atomic E-state index is 7.38. The lowest BCUT2D eigenvalue weighted by molar-refractivity contribution is 0.661. The van der Waals surface area contributed by atoms with Crippen LogP contribution in [0.15, 0.2) is 30.6 Å². The van der Waals surface area contributed by atoms with Gasteiger partial charge in [0, 0.05) is 30.9 Å². The Morgan fingerprint density at radius 2 is 2.29 bits per heavy atom. The smallest absolute Gasteiger partial charge is 0.114 e. The van der Waals surface area contributed by atoms with Gasteiger partial charge in [-0.25, -0.2) is 0 Å². The summed E-state index contributed by atoms with van der Waals surface area (Å²) in [7, 11) is 0. The van der Waals surface area contributed by atoms with Gasteiger partial charge in [0.1, 0.15) is 5.69 Å². The predicted octanol–water partition coefficient (Wildman–Crippen LogP) is 1.44. The second kappa shape index (κ2) is 4.78. The fraction of sp³-hybridized carbons (Fsp3) is 0.250. The van der Waals surface area contributed by atoms with Gasteiger partial charge < -0.3 is 5.73 Å². The second-order valence-corrected chi connectivity index (χ2v) is 3.78. The molecule has 3 N–H and O–H groups in total. The number of nitrogens with two attached hydrogens (primary N) is 1. The maximum atomic E-state index is 7.38. The second-order valence-electron chi connectivity index (χ2n) is 3.78. The van der Waals surface area contributed by atoms with E-state index in [0.717, 1.165) is 23.5 Å². The Labute approximate surface area is 99.8 Å². The van der Waals surface area contributed by atoms with Crippen molar-refractivity contribution in [3.8, 4) is 11.4 Å². The van der Waals surface area contributed by atoms with Crippen molar-refractivity contribution in [2.24, 2.45) is 5.73 Å². The van der Waals surface area contributed by atoms with Crippen LogP contribution in [-0.4, -0.2) is 20.6 Å². The van der Waals surface area contributed by atoms with Gasteiger partial charge in [-0.3, -0.25) is 15.1 Å². The highest BCUT2D eigenvalue weighted by Crippen LogP contribution is 2.20. The Balaban J connectivity index is 2.44. The maximum Gasteiger partial charge on any atom is 0.114 e. The SMILES string of the molecule is CCn1cc(CC(=N)N)c(-c2ccccn2)n1. The highest BCUT2D eigenvalue weighted by atomic mass is 15.3. The van der Waals surface area contributed by atoms with Crippen LogP contribution in [0.5, 0.6) is 0 Å². The molecule has 88 valence electrons. The number of hydrogen-bond donors (Lipinski definition) is 2. The lowest BCUT2D eigenvalue weighted by atomic mass is 10.1. The summed E-state index contributed by atoms with van der Waals surface area (Å²) in [5.41, 5.74) is 8.01. The molecule has 17 heavy (non-hydrogen) atoms. The monoisotopic (exact) mass is 229 g/mol. The minimum atomic E-state index is 0.137. The van der Waals surface area contributed by atoms with Crippen LogP contribution in [0.4, 0.5) is 0 Å². The molecule has 0 unspecified atom stereocenters. The molecule has 0 radical (unpaired) electrons. The van der Waals surface area contributed by atoms with E-state index in [9.17, 15) is 0 Å². The van der Waals surface area contributed by atoms with Gasteiger partial charge in [0.2, 0.25) is 0 Å². The molecule has 2 aromatic rings. The van der Waals surface area contributed by atoms with Gasteiger partial charge in [-0.2, -0.15) is 5.10 Å². The number of nitrogens with one attached hydrogen (secondary N) is 1. The molecule has 0 aliphatic rings. The minimum absolute atomic E-state index is 0.137. The summed E-state index contributed by atoms with van der Waals surface area (Å²) in [5.74, 6) is 0.137. The van der Waals surface area contributed by atoms with Crippen molar-refractivity contribution in [2.75, 3.05) is 0 Å². The Hall–Kier alpha value is -2.17. The van der Waals surface area contributed by atoms with Crippen LogP contribution in [-0.2, 0) is 13.0 Å². The van der Waals surface area contributed by atoms with E-state index in [1.165, 1.54) is 0 Å². The highest BCUT2D eigenvalue weighted by molar-refractivity contribution is 5.81. The minimum Gasteiger partial charge on any atom is -0.387 e. The molecule has 0 spiro atoms. The fourth-order valence-corrected chi connectivity index (χ4v) is 1.68. The van der Waals surface area contributed by atoms with E-state index in [1.807, 2.05) is 36.0 Å². The molecule has 0 saturated heterocycles. The molecule has 0 aromatic carbocycles. The molecule has 0 bridgehead atoms. The molecule has 0 fully saturated rings. The summed E-state index contributed by atoms with van der Waals surface area (Å²) in [6, 6.07) is 5.70. The van der Waals surface area contributed by atoms with Gasteiger partial charge in [-0.05, 0) is 19.1 Å². The molecular formula is C12H15N5. The topological polar surface area (TPSA) is 80.6 Å². The first-order valence-electron chi connectivity index (χ1n) is 5.51. The number of pyridine rings is 1. The van der Waals surface area contributed by atoms with Gasteiger partial charge in [-0.1, -0.05) is 6.07 Å². The molecule has 0 aliphatic carbocycles. The summed E-state index contributed by atoms with van der Waals surface area (Å²) in [5, 5.41) is 11.8. The van der Waals surface area contributed by atoms with E-state index in [1.54, 1.807) is 6.20 Å². The quantitative estimate of drug-likeness (QED) is 0.615. The van der Waals surface area contributed by atoms with Crippen LogP contribution in [0.3, 0.4) is 0 Å². The van der Waals surface area contributed by atoms with Crippen LogP contribution in [0.25, 0.3) is 11.4 Å². The van der Waals surface area contributed by atoms with Gasteiger partial charge in [-0.15, -0.1) is 0 Å². The molecule has 2 aromatic heterocycles. The first-order valence-corrected chi connectivity index (χ1v) is 5.51. The van der Waals surface area contributed by atoms with Crippen molar-refractivity contribution in [3.05, 3.63) is 36.2 Å². The normalized spacial score (nSPS) is 10.4. The van der Waals surface area contributed by atoms with Crippen LogP contribution in [0, 0.1) is 5.41 Å². The summed E-state index contributed by atoms with van der Waals surface area (Å²) >= 11 is 0. The standard InChI is InChI=1S/C12H15N5/c1-2-17-8-9(7-11(13)14)12(16-17)10-5-3-4-6-15-10/h3-6,8H,2,7H2,1H3,(H3,13,14). The fourth-order valence-electron chi connectivity index (χ4n) is 1.68. The van der Waals surface area contributed by atoms with E-state index in [2.05, 4.69) is 10.1 Å². The molecule has 2 rings (SSSR count). The molecule has 5 heteroatoms. The molecule has 5 nitrogen and oxygen atoms in total. The first-order chi connectivity index (χ1) is 8.20. The van der Waals surface area contributed by atoms with Crippen molar-refractivity contribution < 1.29 is 0 Å². The van der Waals surface area contributed by atoms with Crippen LogP contribution in [0.1, 0.15) is 12.5 Å². The van der Waals surface area contributed by atoms with Gasteiger partial charge in [0.25, 0.3) is 0 Å². The number of rotatable bonds is 4. The summed E-state index contributed by atoms with van der Waals surface area (Å²) in [6.45, 7) is 2.81. The molecule has 2 heterocycles. The van der Waals surface area contributed by atoms with Gasteiger partial charge in [0.15, 0.2) is 0 Å². The number of aromatic nitrogens is 3. The Bertz CT molecular complexity index is 515. The average molecular weight is 229 g/mol. The molecule has 0 atom stereocenters. The third-order valence-electron chi connectivity index (χ3n) is 2.45. The van der Waals surface area contributed by atoms with Crippen molar-refractivity contribution >= 4 is 5.84 Å². The van der Waals surface area contributed by atoms with Crippen molar-refractivity contribution in [3.63, 3.8) is 0 Å². The Morgan fingerprint density at radius 3 is 2.88 bits per heavy atom. The third kappa shape index (κ3) is 2.50. The van der Waals surface area contributed by atoms with Gasteiger partial charge in [0.05, 0.1) is 11.5 Å². The molecule has 0 saturated carbocycles. The number of aryl methyl sites for hydroxylation is 1. The lowest BCUT2D eigenvalue weighted by Gasteiger charge is -1.99. The van der Waals surface area contributed by atoms with E-state index < -0.39 is 0 Å². The van der Waals surface area contributed by atoms with Crippen LogP contribution >= 0.6 is 0 Å². The highest BCUT2D eigenvalue weighted by Gasteiger charge is 2.12. The molecule has 0 aliphatic heterocycles. The Kier molecular flexibility index (Phi) is 3.18. The van der Waals surface area contributed by atoms with Crippen molar-refractivity contribution in [1.82, 2.24) is 14.8 Å². The number of nitrogens with zero attached hydrogens (tertiary/aromatic N) is 3. The largest absolute Gasteiger partial charge is 0.387 e. The number of amidine groups is 1. The Morgan fingerprint density at radius 1 is 1.47 bits per heavy atom. The van der Waals surface area contributed by atoms with E-state index in [4.69, 9.17) is 11.1 Å². The predicted molar refractivity (Wildman–Crippen MR) is 66.8 cm³/mol. The first kappa shape index (κ1) is 11.3. The average Bonchev–Trinajstić information content (AvgIpc) is 2.72. The van der Waals surface area contributed by atoms with Crippen molar-refractivity contribution in [1.29, 1.82) is 5.41 Å². The van der Waals surface area contributed by atoms with Crippen molar-refractivity contribution in [2.45, 2.75) is 19.9 Å². The van der Waals surface area contributed by atoms with Crippen LogP contribution in [0.2, 0.25) is 0 Å². The number of hydrogen-bond acceptors (Lipinski definition) is 3. The molecular weight excluding hydrogens is 214 g/mol. The zero-order chi connectivity index (χ0) is 12.3. The third-order valence-corrected chi connectivity index (χ3v) is 2.45. The van der Waals surface area contributed by atoms with E-state index in [-0.39, 0.29) is 5.84 Å². The summed E-state index contributed by atoms with van der Waals surface area (Å²) < 4.78 is 1.84. The summed E-state index contributed by atoms with van der Waals surface area (Å²) in [4.78, 5) is 4.28. The zero-order valence-corrected chi connectivity index (χ0v) is 9.72. The zero-order valence-electron chi connectivity index (χ0n) is 9.72. The molecule has 0 amide bonds. The summed E-state index contributed by atoms with van der Waals surface area (Å²) in [6.07, 6.45) is 4.06.